The molecule has 0 bridgehead atoms. The van der Waals surface area contributed by atoms with Gasteiger partial charge in [-0.25, -0.2) is 0 Å². The van der Waals surface area contributed by atoms with Gasteiger partial charge in [-0.2, -0.15) is 0 Å². The molecule has 0 aromatic carbocycles. The van der Waals surface area contributed by atoms with Crippen LogP contribution in [0, 0.1) is 0 Å². The van der Waals surface area contributed by atoms with E-state index in [4.69, 9.17) is 0 Å². The summed E-state index contributed by atoms with van der Waals surface area (Å²) in [5.41, 5.74) is 0.757. The average molecular weight is 139 g/mol. The Morgan fingerprint density at radius 2 is 2.30 bits per heavy atom. The van der Waals surface area contributed by atoms with Crippen LogP contribution >= 0.6 is 0 Å². The highest BCUT2D eigenvalue weighted by molar-refractivity contribution is 5.88. The number of carbonyl (C=O) groups excluding carboxylic acids is 1. The average Bonchev–Trinajstić information content (AvgIpc) is 1.88. The Morgan fingerprint density at radius 1 is 1.70 bits per heavy atom. The van der Waals surface area contributed by atoms with Crippen LogP contribution in [0.3, 0.4) is 0 Å². The minimum atomic E-state index is -0.182. The third kappa shape index (κ3) is 3.89. The van der Waals surface area contributed by atoms with Crippen LogP contribution in [0.1, 0.15) is 19.8 Å². The summed E-state index contributed by atoms with van der Waals surface area (Å²) in [4.78, 5) is 10.6. The predicted molar refractivity (Wildman–Crippen MR) is 42.4 cm³/mol. The second kappa shape index (κ2) is 4.79. The van der Waals surface area contributed by atoms with E-state index in [1.54, 1.807) is 0 Å². The maximum absolute atomic E-state index is 10.6. The standard InChI is InChI=1S/C8H13NO/c1-4-6-7(3)9-8(10)5-2/h5H,2-4,6H2,1H3,(H,9,10). The number of nitrogens with one attached hydrogen (secondary N) is 1. The van der Waals surface area contributed by atoms with Gasteiger partial charge in [0.1, 0.15) is 0 Å². The summed E-state index contributed by atoms with van der Waals surface area (Å²) >= 11 is 0. The van der Waals surface area contributed by atoms with Crippen LogP contribution in [-0.4, -0.2) is 5.91 Å². The molecular weight excluding hydrogens is 126 g/mol. The zero-order chi connectivity index (χ0) is 7.98. The monoisotopic (exact) mass is 139 g/mol. The molecule has 1 N–H and O–H groups in total. The maximum Gasteiger partial charge on any atom is 0.247 e. The SMILES string of the molecule is C=CC(=O)NC(=C)CCC. The van der Waals surface area contributed by atoms with Crippen molar-refractivity contribution < 1.29 is 4.79 Å². The molecular formula is C8H13NO. The zero-order valence-corrected chi connectivity index (χ0v) is 6.31. The lowest BCUT2D eigenvalue weighted by Crippen LogP contribution is -2.18. The van der Waals surface area contributed by atoms with E-state index in [9.17, 15) is 4.79 Å². The lowest BCUT2D eigenvalue weighted by Gasteiger charge is -2.02. The predicted octanol–water partition coefficient (Wildman–Crippen LogP) is 1.60. The number of carbonyl (C=O) groups is 1. The fourth-order valence-electron chi connectivity index (χ4n) is 0.590. The fraction of sp³-hybridized carbons (Fsp3) is 0.375. The van der Waals surface area contributed by atoms with Gasteiger partial charge < -0.3 is 5.32 Å². The van der Waals surface area contributed by atoms with Crippen molar-refractivity contribution in [1.82, 2.24) is 5.32 Å². The van der Waals surface area contributed by atoms with Crippen LogP contribution in [0.5, 0.6) is 0 Å². The number of allylic oxidation sites excluding steroid dienone is 1. The van der Waals surface area contributed by atoms with Crippen LogP contribution in [0.25, 0.3) is 0 Å². The molecule has 0 spiro atoms. The first kappa shape index (κ1) is 8.95. The van der Waals surface area contributed by atoms with Gasteiger partial charge in [-0.05, 0) is 12.5 Å². The minimum Gasteiger partial charge on any atom is -0.327 e. The molecule has 56 valence electrons. The quantitative estimate of drug-likeness (QED) is 0.589. The summed E-state index contributed by atoms with van der Waals surface area (Å²) in [6.45, 7) is 9.01. The lowest BCUT2D eigenvalue weighted by molar-refractivity contribution is -0.115. The van der Waals surface area contributed by atoms with Crippen LogP contribution in [-0.2, 0) is 4.79 Å². The highest BCUT2D eigenvalue weighted by Gasteiger charge is 1.94. The third-order valence-corrected chi connectivity index (χ3v) is 1.04. The Bertz CT molecular complexity index is 149. The molecule has 0 fully saturated rings. The molecule has 0 atom stereocenters. The third-order valence-electron chi connectivity index (χ3n) is 1.04. The molecule has 0 unspecified atom stereocenters. The molecule has 0 rings (SSSR count). The van der Waals surface area contributed by atoms with Gasteiger partial charge in [-0.3, -0.25) is 4.79 Å². The normalized spacial score (nSPS) is 8.50. The summed E-state index contributed by atoms with van der Waals surface area (Å²) in [5.74, 6) is -0.182. The summed E-state index contributed by atoms with van der Waals surface area (Å²) in [6.07, 6.45) is 3.07. The molecule has 0 aromatic rings. The van der Waals surface area contributed by atoms with Crippen molar-refractivity contribution in [3.05, 3.63) is 24.9 Å². The lowest BCUT2D eigenvalue weighted by atomic mass is 10.3. The van der Waals surface area contributed by atoms with Gasteiger partial charge in [0.15, 0.2) is 0 Å². The molecule has 0 aromatic heterocycles. The van der Waals surface area contributed by atoms with Crippen LogP contribution in [0.15, 0.2) is 24.9 Å². The van der Waals surface area contributed by atoms with Crippen molar-refractivity contribution >= 4 is 5.91 Å². The minimum absolute atomic E-state index is 0.182. The molecule has 0 radical (unpaired) electrons. The maximum atomic E-state index is 10.6. The Kier molecular flexibility index (Phi) is 4.29. The smallest absolute Gasteiger partial charge is 0.247 e. The molecule has 0 aliphatic carbocycles. The summed E-state index contributed by atoms with van der Waals surface area (Å²) < 4.78 is 0. The number of rotatable bonds is 4. The Morgan fingerprint density at radius 3 is 2.70 bits per heavy atom. The van der Waals surface area contributed by atoms with Gasteiger partial charge in [0.2, 0.25) is 5.91 Å². The van der Waals surface area contributed by atoms with E-state index in [2.05, 4.69) is 18.5 Å². The fourth-order valence-corrected chi connectivity index (χ4v) is 0.590. The van der Waals surface area contributed by atoms with Crippen molar-refractivity contribution in [2.24, 2.45) is 0 Å². The molecule has 10 heavy (non-hydrogen) atoms. The van der Waals surface area contributed by atoms with Crippen molar-refractivity contribution in [3.63, 3.8) is 0 Å². The second-order valence-electron chi connectivity index (χ2n) is 2.05. The van der Waals surface area contributed by atoms with E-state index < -0.39 is 0 Å². The summed E-state index contributed by atoms with van der Waals surface area (Å²) in [7, 11) is 0. The second-order valence-corrected chi connectivity index (χ2v) is 2.05. The topological polar surface area (TPSA) is 29.1 Å². The summed E-state index contributed by atoms with van der Waals surface area (Å²) in [5, 5.41) is 2.58. The summed E-state index contributed by atoms with van der Waals surface area (Å²) in [6, 6.07) is 0. The molecule has 0 saturated carbocycles. The molecule has 2 nitrogen and oxygen atoms in total. The van der Waals surface area contributed by atoms with Crippen LogP contribution in [0.4, 0.5) is 0 Å². The highest BCUT2D eigenvalue weighted by Crippen LogP contribution is 1.95. The van der Waals surface area contributed by atoms with Crippen LogP contribution < -0.4 is 5.32 Å². The molecule has 0 heterocycles. The van der Waals surface area contributed by atoms with Gasteiger partial charge in [0.25, 0.3) is 0 Å². The van der Waals surface area contributed by atoms with E-state index >= 15 is 0 Å². The number of hydrogen-bond acceptors (Lipinski definition) is 1. The molecule has 0 saturated heterocycles. The first-order chi connectivity index (χ1) is 4.70. The van der Waals surface area contributed by atoms with Gasteiger partial charge >= 0.3 is 0 Å². The van der Waals surface area contributed by atoms with Gasteiger partial charge in [-0.1, -0.05) is 26.5 Å². The first-order valence-corrected chi connectivity index (χ1v) is 3.32. The number of amides is 1. The van der Waals surface area contributed by atoms with E-state index in [0.29, 0.717) is 0 Å². The van der Waals surface area contributed by atoms with Gasteiger partial charge in [0.05, 0.1) is 0 Å². The van der Waals surface area contributed by atoms with Crippen molar-refractivity contribution in [1.29, 1.82) is 0 Å². The van der Waals surface area contributed by atoms with E-state index in [0.717, 1.165) is 18.5 Å². The van der Waals surface area contributed by atoms with Crippen molar-refractivity contribution in [2.45, 2.75) is 19.8 Å². The van der Waals surface area contributed by atoms with E-state index in [-0.39, 0.29) is 5.91 Å². The van der Waals surface area contributed by atoms with Crippen molar-refractivity contribution in [3.8, 4) is 0 Å². The zero-order valence-electron chi connectivity index (χ0n) is 6.31. The van der Waals surface area contributed by atoms with Gasteiger partial charge in [-0.15, -0.1) is 0 Å². The van der Waals surface area contributed by atoms with Crippen molar-refractivity contribution in [2.75, 3.05) is 0 Å². The molecule has 0 aliphatic heterocycles. The Labute approximate surface area is 61.6 Å². The van der Waals surface area contributed by atoms with Gasteiger partial charge in [0, 0.05) is 5.70 Å². The molecule has 1 amide bonds. The van der Waals surface area contributed by atoms with E-state index in [1.165, 1.54) is 6.08 Å². The molecule has 2 heteroatoms. The van der Waals surface area contributed by atoms with E-state index in [1.807, 2.05) is 6.92 Å². The van der Waals surface area contributed by atoms with Crippen LogP contribution in [0.2, 0.25) is 0 Å². The Balaban J connectivity index is 3.57. The molecule has 0 aliphatic rings. The Hall–Kier alpha value is -1.05. The number of hydrogen-bond donors (Lipinski definition) is 1. The largest absolute Gasteiger partial charge is 0.327 e. The first-order valence-electron chi connectivity index (χ1n) is 3.32. The highest BCUT2D eigenvalue weighted by atomic mass is 16.1.